The third kappa shape index (κ3) is 12.0. The summed E-state index contributed by atoms with van der Waals surface area (Å²) in [4.78, 5) is 12.1. The third-order valence-electron chi connectivity index (χ3n) is 5.21. The van der Waals surface area contributed by atoms with Gasteiger partial charge in [0.25, 0.3) is 0 Å². The van der Waals surface area contributed by atoms with Crippen molar-refractivity contribution in [1.82, 2.24) is 5.32 Å². The van der Waals surface area contributed by atoms with E-state index in [0.717, 1.165) is 68.1 Å². The van der Waals surface area contributed by atoms with Crippen molar-refractivity contribution < 1.29 is 13.9 Å². The van der Waals surface area contributed by atoms with Gasteiger partial charge in [0.1, 0.15) is 0 Å². The maximum absolute atomic E-state index is 12.1. The molecule has 2 aromatic rings. The van der Waals surface area contributed by atoms with E-state index in [2.05, 4.69) is 60.5 Å². The lowest BCUT2D eigenvalue weighted by Crippen LogP contribution is -2.33. The topological polar surface area (TPSA) is 55.4 Å². The van der Waals surface area contributed by atoms with E-state index in [-0.39, 0.29) is 11.9 Å². The van der Waals surface area contributed by atoms with Gasteiger partial charge in [0.2, 0.25) is 17.1 Å². The summed E-state index contributed by atoms with van der Waals surface area (Å²) in [5.74, 6) is 0.0876. The van der Waals surface area contributed by atoms with Crippen molar-refractivity contribution in [2.45, 2.75) is 77.2 Å². The quantitative estimate of drug-likeness (QED) is 0.151. The lowest BCUT2D eigenvalue weighted by Gasteiger charge is -2.14. The Labute approximate surface area is 198 Å². The molecule has 4 heteroatoms. The van der Waals surface area contributed by atoms with Crippen molar-refractivity contribution in [1.29, 1.82) is 0 Å². The molecule has 2 rings (SSSR count). The minimum Gasteiger partial charge on any atom is -0.353 e. The molecule has 0 bridgehead atoms. The summed E-state index contributed by atoms with van der Waals surface area (Å²) < 4.78 is 9.75. The predicted molar refractivity (Wildman–Crippen MR) is 138 cm³/mol. The van der Waals surface area contributed by atoms with Gasteiger partial charge in [0, 0.05) is 12.5 Å². The average Bonchev–Trinajstić information content (AvgIpc) is 2.77. The van der Waals surface area contributed by atoms with Gasteiger partial charge in [0.15, 0.2) is 0 Å². The van der Waals surface area contributed by atoms with Crippen molar-refractivity contribution in [3.05, 3.63) is 85.0 Å². The van der Waals surface area contributed by atoms with Crippen LogP contribution in [-0.2, 0) is 11.2 Å². The molecule has 0 aliphatic rings. The number of amides is 1. The maximum atomic E-state index is 12.1. The predicted octanol–water partition coefficient (Wildman–Crippen LogP) is 7.99. The Morgan fingerprint density at radius 3 is 2.12 bits per heavy atom. The summed E-state index contributed by atoms with van der Waals surface area (Å²) in [6.45, 7) is 5.75. The number of rotatable bonds is 17. The standard InChI is InChI=1S/C29H39NO3/c1-3-4-5-6-7-8-9-10-11-12-13-14-15-16-17-18-19-20-29(31)30-25(2)23-26-21-22-27-28(24-26)33-32-27/h3,7-8,10-11,14-15,17-18,21-22,24-25H,1,4-6,9,12-13,16,19-20,23H2,2H3,(H,30,31)/b8-7+,11-10-,15-14-,18-17+. The third-order valence-corrected chi connectivity index (χ3v) is 5.21. The Bertz CT molecular complexity index is 926. The molecule has 1 amide bonds. The number of hydrogen-bond donors (Lipinski definition) is 1. The molecule has 178 valence electrons. The second kappa shape index (κ2) is 16.6. The molecule has 0 saturated carbocycles. The Balaban J connectivity index is 1.45. The molecule has 0 aliphatic carbocycles. The largest absolute Gasteiger partial charge is 0.353 e. The summed E-state index contributed by atoms with van der Waals surface area (Å²) in [6, 6.07) is 5.93. The Hall–Kier alpha value is -3.01. The molecule has 1 aromatic heterocycles. The van der Waals surface area contributed by atoms with Gasteiger partial charge in [-0.15, -0.1) is 6.58 Å². The molecule has 1 aromatic carbocycles. The minimum atomic E-state index is 0.0795. The van der Waals surface area contributed by atoms with Gasteiger partial charge in [-0.05, 0) is 82.4 Å². The van der Waals surface area contributed by atoms with E-state index in [1.54, 1.807) is 0 Å². The number of hydrogen-bond acceptors (Lipinski definition) is 3. The first-order chi connectivity index (χ1) is 16.2. The van der Waals surface area contributed by atoms with E-state index in [0.29, 0.717) is 6.42 Å². The van der Waals surface area contributed by atoms with E-state index < -0.39 is 0 Å². The summed E-state index contributed by atoms with van der Waals surface area (Å²) in [5.41, 5.74) is 2.65. The summed E-state index contributed by atoms with van der Waals surface area (Å²) in [7, 11) is 0. The molecular formula is C29H39NO3. The zero-order valence-corrected chi connectivity index (χ0v) is 20.0. The molecule has 0 spiro atoms. The van der Waals surface area contributed by atoms with Crippen LogP contribution in [0.4, 0.5) is 0 Å². The molecule has 0 saturated heterocycles. The first-order valence-corrected chi connectivity index (χ1v) is 12.2. The van der Waals surface area contributed by atoms with Crippen molar-refractivity contribution in [3.8, 4) is 0 Å². The van der Waals surface area contributed by atoms with Crippen LogP contribution in [0.3, 0.4) is 0 Å². The summed E-state index contributed by atoms with van der Waals surface area (Å²) in [5, 5.41) is 3.06. The Morgan fingerprint density at radius 1 is 0.879 bits per heavy atom. The maximum Gasteiger partial charge on any atom is 0.225 e. The van der Waals surface area contributed by atoms with Gasteiger partial charge in [-0.1, -0.05) is 60.8 Å². The second-order valence-corrected chi connectivity index (χ2v) is 8.31. The van der Waals surface area contributed by atoms with Crippen LogP contribution in [-0.4, -0.2) is 11.9 Å². The monoisotopic (exact) mass is 449 g/mol. The van der Waals surface area contributed by atoms with E-state index >= 15 is 0 Å². The van der Waals surface area contributed by atoms with E-state index in [9.17, 15) is 4.79 Å². The Morgan fingerprint density at radius 2 is 1.52 bits per heavy atom. The number of fused-ring (bicyclic) bond motifs is 1. The highest BCUT2D eigenvalue weighted by atomic mass is 17.0. The fraction of sp³-hybridized carbons (Fsp3) is 0.414. The second-order valence-electron chi connectivity index (χ2n) is 8.31. The Kier molecular flexibility index (Phi) is 13.2. The highest BCUT2D eigenvalue weighted by Gasteiger charge is 2.10. The van der Waals surface area contributed by atoms with Gasteiger partial charge in [-0.3, -0.25) is 13.9 Å². The molecule has 0 aliphatic heterocycles. The van der Waals surface area contributed by atoms with Crippen molar-refractivity contribution in [2.24, 2.45) is 0 Å². The molecule has 4 nitrogen and oxygen atoms in total. The molecule has 1 N–H and O–H groups in total. The molecule has 33 heavy (non-hydrogen) atoms. The van der Waals surface area contributed by atoms with Gasteiger partial charge < -0.3 is 5.32 Å². The molecule has 1 heterocycles. The highest BCUT2D eigenvalue weighted by molar-refractivity contribution is 5.76. The van der Waals surface area contributed by atoms with E-state index in [1.165, 1.54) is 6.42 Å². The molecule has 1 unspecified atom stereocenters. The van der Waals surface area contributed by atoms with Crippen LogP contribution in [0.5, 0.6) is 0 Å². The van der Waals surface area contributed by atoms with Gasteiger partial charge in [-0.25, -0.2) is 0 Å². The van der Waals surface area contributed by atoms with Crippen LogP contribution >= 0.6 is 0 Å². The number of carbonyl (C=O) groups excluding carboxylic acids is 1. The lowest BCUT2D eigenvalue weighted by atomic mass is 10.1. The number of unbranched alkanes of at least 4 members (excludes halogenated alkanes) is 3. The van der Waals surface area contributed by atoms with Crippen LogP contribution in [0.1, 0.15) is 70.3 Å². The van der Waals surface area contributed by atoms with E-state index in [1.807, 2.05) is 31.2 Å². The SMILES string of the molecule is C=CCCC/C=C/C/C=C\CC/C=C\C/C=C/CCC(=O)NC(C)Cc1ccc2ooc2c1. The molecule has 0 fully saturated rings. The zero-order chi connectivity index (χ0) is 23.6. The fourth-order valence-electron chi connectivity index (χ4n) is 3.42. The summed E-state index contributed by atoms with van der Waals surface area (Å²) in [6.07, 6.45) is 29.1. The van der Waals surface area contributed by atoms with Crippen molar-refractivity contribution in [2.75, 3.05) is 0 Å². The van der Waals surface area contributed by atoms with Gasteiger partial charge in [-0.2, -0.15) is 0 Å². The van der Waals surface area contributed by atoms with E-state index in [4.69, 9.17) is 9.15 Å². The van der Waals surface area contributed by atoms with Crippen molar-refractivity contribution >= 4 is 17.1 Å². The minimum absolute atomic E-state index is 0.0795. The summed E-state index contributed by atoms with van der Waals surface area (Å²) >= 11 is 0. The van der Waals surface area contributed by atoms with Crippen LogP contribution in [0.15, 0.2) is 88.6 Å². The molecule has 1 atom stereocenters. The van der Waals surface area contributed by atoms with Gasteiger partial charge in [0.05, 0.1) is 0 Å². The number of carbonyl (C=O) groups is 1. The average molecular weight is 450 g/mol. The molecule has 0 radical (unpaired) electrons. The normalized spacial score (nSPS) is 13.2. The van der Waals surface area contributed by atoms with Crippen LogP contribution < -0.4 is 5.32 Å². The zero-order valence-electron chi connectivity index (χ0n) is 20.0. The smallest absolute Gasteiger partial charge is 0.225 e. The first kappa shape index (κ1) is 26.2. The van der Waals surface area contributed by atoms with Crippen LogP contribution in [0.25, 0.3) is 11.2 Å². The lowest BCUT2D eigenvalue weighted by molar-refractivity contribution is -0.121. The van der Waals surface area contributed by atoms with Gasteiger partial charge >= 0.3 is 0 Å². The van der Waals surface area contributed by atoms with Crippen LogP contribution in [0, 0.1) is 0 Å². The number of benzene rings is 1. The number of nitrogens with one attached hydrogen (secondary N) is 1. The highest BCUT2D eigenvalue weighted by Crippen LogP contribution is 2.20. The fourth-order valence-corrected chi connectivity index (χ4v) is 3.42. The first-order valence-electron chi connectivity index (χ1n) is 12.2. The number of allylic oxidation sites excluding steroid dienone is 9. The van der Waals surface area contributed by atoms with Crippen molar-refractivity contribution in [3.63, 3.8) is 0 Å². The van der Waals surface area contributed by atoms with Crippen LogP contribution in [0.2, 0.25) is 0 Å². The molecular weight excluding hydrogens is 410 g/mol.